The first-order valence-electron chi connectivity index (χ1n) is 9.99. The van der Waals surface area contributed by atoms with Crippen LogP contribution in [-0.4, -0.2) is 34.4 Å². The molecule has 0 aliphatic carbocycles. The second kappa shape index (κ2) is 9.30. The van der Waals surface area contributed by atoms with Gasteiger partial charge in [0.2, 0.25) is 0 Å². The van der Waals surface area contributed by atoms with E-state index < -0.39 is 11.7 Å². The fraction of sp³-hybridized carbons (Fsp3) is 0.125. The molecule has 1 N–H and O–H groups in total. The summed E-state index contributed by atoms with van der Waals surface area (Å²) in [5.41, 5.74) is 1.92. The van der Waals surface area contributed by atoms with Gasteiger partial charge in [-0.1, -0.05) is 18.2 Å². The summed E-state index contributed by atoms with van der Waals surface area (Å²) in [6.07, 6.45) is 0. The van der Waals surface area contributed by atoms with Crippen LogP contribution in [-0.2, 0) is 0 Å². The average molecular weight is 432 g/mol. The summed E-state index contributed by atoms with van der Waals surface area (Å²) in [6, 6.07) is 20.5. The number of halogens is 1. The van der Waals surface area contributed by atoms with Crippen molar-refractivity contribution < 1.29 is 18.7 Å². The van der Waals surface area contributed by atoms with Gasteiger partial charge in [-0.3, -0.25) is 4.79 Å². The maximum absolute atomic E-state index is 14.0. The highest BCUT2D eigenvalue weighted by atomic mass is 19.1. The van der Waals surface area contributed by atoms with Gasteiger partial charge in [0.15, 0.2) is 5.82 Å². The molecule has 0 unspecified atom stereocenters. The second-order valence-electron chi connectivity index (χ2n) is 6.78. The normalized spacial score (nSPS) is 10.6. The van der Waals surface area contributed by atoms with Gasteiger partial charge < -0.3 is 14.8 Å². The third-order valence-corrected chi connectivity index (χ3v) is 4.68. The molecule has 0 bridgehead atoms. The minimum Gasteiger partial charge on any atom is -0.497 e. The maximum Gasteiger partial charge on any atom is 0.336 e. The third kappa shape index (κ3) is 4.44. The van der Waals surface area contributed by atoms with Crippen molar-refractivity contribution in [3.05, 3.63) is 84.2 Å². The molecule has 0 saturated heterocycles. The minimum absolute atomic E-state index is 0.0313. The van der Waals surface area contributed by atoms with Crippen molar-refractivity contribution in [2.45, 2.75) is 6.92 Å². The molecule has 0 aliphatic heterocycles. The van der Waals surface area contributed by atoms with Crippen LogP contribution in [0.25, 0.3) is 17.1 Å². The van der Waals surface area contributed by atoms with E-state index >= 15 is 0 Å². The Morgan fingerprint density at radius 3 is 2.56 bits per heavy atom. The van der Waals surface area contributed by atoms with Crippen LogP contribution in [0.3, 0.4) is 0 Å². The molecule has 32 heavy (non-hydrogen) atoms. The molecule has 7 nitrogen and oxygen atoms in total. The van der Waals surface area contributed by atoms with Crippen LogP contribution in [0.15, 0.2) is 72.8 Å². The van der Waals surface area contributed by atoms with Gasteiger partial charge in [0, 0.05) is 11.3 Å². The Bertz CT molecular complexity index is 1240. The molecule has 0 spiro atoms. The maximum atomic E-state index is 14.0. The summed E-state index contributed by atoms with van der Waals surface area (Å²) in [7, 11) is 1.60. The smallest absolute Gasteiger partial charge is 0.336 e. The molecule has 8 heteroatoms. The van der Waals surface area contributed by atoms with Gasteiger partial charge in [0.25, 0.3) is 5.91 Å². The Morgan fingerprint density at radius 1 is 1.06 bits per heavy atom. The van der Waals surface area contributed by atoms with Crippen molar-refractivity contribution in [1.82, 2.24) is 14.8 Å². The lowest BCUT2D eigenvalue weighted by molar-refractivity contribution is 0.102. The van der Waals surface area contributed by atoms with E-state index in [1.807, 2.05) is 37.3 Å². The number of amides is 1. The molecule has 1 heterocycles. The monoisotopic (exact) mass is 432 g/mol. The van der Waals surface area contributed by atoms with Gasteiger partial charge in [0.05, 0.1) is 25.0 Å². The average Bonchev–Trinajstić information content (AvgIpc) is 3.24. The van der Waals surface area contributed by atoms with Gasteiger partial charge >= 0.3 is 6.01 Å². The van der Waals surface area contributed by atoms with Crippen LogP contribution in [0.2, 0.25) is 0 Å². The number of rotatable bonds is 7. The molecular weight excluding hydrogens is 411 g/mol. The van der Waals surface area contributed by atoms with Crippen LogP contribution in [0, 0.1) is 5.82 Å². The van der Waals surface area contributed by atoms with Crippen LogP contribution in [0.1, 0.15) is 17.3 Å². The van der Waals surface area contributed by atoms with Crippen molar-refractivity contribution >= 4 is 11.6 Å². The second-order valence-corrected chi connectivity index (χ2v) is 6.78. The highest BCUT2D eigenvalue weighted by molar-refractivity contribution is 6.04. The van der Waals surface area contributed by atoms with Crippen molar-refractivity contribution in [3.63, 3.8) is 0 Å². The number of benzene rings is 3. The molecule has 1 aromatic heterocycles. The van der Waals surface area contributed by atoms with Crippen LogP contribution < -0.4 is 14.8 Å². The molecule has 0 saturated carbocycles. The quantitative estimate of drug-likeness (QED) is 0.457. The summed E-state index contributed by atoms with van der Waals surface area (Å²) in [6.45, 7) is 2.28. The molecule has 4 aromatic rings. The number of carbonyl (C=O) groups is 1. The fourth-order valence-corrected chi connectivity index (χ4v) is 3.15. The molecule has 0 atom stereocenters. The van der Waals surface area contributed by atoms with Gasteiger partial charge in [-0.2, -0.15) is 4.98 Å². The lowest BCUT2D eigenvalue weighted by Gasteiger charge is -2.10. The lowest BCUT2D eigenvalue weighted by atomic mass is 10.2. The van der Waals surface area contributed by atoms with Crippen molar-refractivity contribution in [3.8, 4) is 28.8 Å². The zero-order chi connectivity index (χ0) is 22.5. The molecular formula is C24H21FN4O3. The zero-order valence-electron chi connectivity index (χ0n) is 17.6. The Labute approximate surface area is 184 Å². The minimum atomic E-state index is -0.583. The van der Waals surface area contributed by atoms with Crippen molar-refractivity contribution in [1.29, 1.82) is 0 Å². The third-order valence-electron chi connectivity index (χ3n) is 4.68. The van der Waals surface area contributed by atoms with Crippen molar-refractivity contribution in [2.75, 3.05) is 19.0 Å². The summed E-state index contributed by atoms with van der Waals surface area (Å²) in [5, 5.41) is 7.19. The number of nitrogens with one attached hydrogen (secondary N) is 1. The predicted octanol–water partition coefficient (Wildman–Crippen LogP) is 4.73. The van der Waals surface area contributed by atoms with E-state index in [9.17, 15) is 9.18 Å². The number of anilines is 1. The molecule has 1 amide bonds. The first-order chi connectivity index (χ1) is 15.6. The Kier molecular flexibility index (Phi) is 6.12. The molecule has 0 radical (unpaired) electrons. The first kappa shape index (κ1) is 21.0. The molecule has 4 rings (SSSR count). The number of carbonyl (C=O) groups excluding carboxylic acids is 1. The number of aromatic nitrogens is 3. The molecule has 0 fully saturated rings. The highest BCUT2D eigenvalue weighted by Crippen LogP contribution is 2.26. The van der Waals surface area contributed by atoms with E-state index in [4.69, 9.17) is 9.47 Å². The zero-order valence-corrected chi connectivity index (χ0v) is 17.6. The van der Waals surface area contributed by atoms with E-state index in [1.54, 1.807) is 36.1 Å². The van der Waals surface area contributed by atoms with Gasteiger partial charge in [-0.15, -0.1) is 5.10 Å². The van der Waals surface area contributed by atoms with E-state index in [-0.39, 0.29) is 11.6 Å². The van der Waals surface area contributed by atoms with E-state index in [0.717, 1.165) is 11.3 Å². The van der Waals surface area contributed by atoms with Crippen LogP contribution in [0.4, 0.5) is 10.1 Å². The SMILES string of the molecule is CCOc1nc(-c2ccc(OC)cc2)n(-c2cccc(NC(=O)c3ccccc3F)c2)n1. The van der Waals surface area contributed by atoms with Gasteiger partial charge in [0.1, 0.15) is 11.6 Å². The number of hydrogen-bond donors (Lipinski definition) is 1. The molecule has 0 aliphatic rings. The highest BCUT2D eigenvalue weighted by Gasteiger charge is 2.16. The number of hydrogen-bond acceptors (Lipinski definition) is 5. The standard InChI is InChI=1S/C24H21FN4O3/c1-3-32-24-27-22(16-11-13-19(31-2)14-12-16)29(28-24)18-8-6-7-17(15-18)26-23(30)20-9-4-5-10-21(20)25/h4-15H,3H2,1-2H3,(H,26,30). The Balaban J connectivity index is 1.68. The predicted molar refractivity (Wildman–Crippen MR) is 119 cm³/mol. The van der Waals surface area contributed by atoms with E-state index in [1.165, 1.54) is 18.2 Å². The van der Waals surface area contributed by atoms with E-state index in [2.05, 4.69) is 15.4 Å². The Hall–Kier alpha value is -4.20. The van der Waals surface area contributed by atoms with E-state index in [0.29, 0.717) is 23.8 Å². The largest absolute Gasteiger partial charge is 0.497 e. The summed E-state index contributed by atoms with van der Waals surface area (Å²) in [4.78, 5) is 17.0. The van der Waals surface area contributed by atoms with Crippen LogP contribution >= 0.6 is 0 Å². The summed E-state index contributed by atoms with van der Waals surface area (Å²) >= 11 is 0. The topological polar surface area (TPSA) is 78.3 Å². The number of nitrogens with zero attached hydrogens (tertiary/aromatic N) is 3. The molecule has 162 valence electrons. The molecule has 3 aromatic carbocycles. The first-order valence-corrected chi connectivity index (χ1v) is 9.99. The van der Waals surface area contributed by atoms with Crippen LogP contribution in [0.5, 0.6) is 11.8 Å². The number of methoxy groups -OCH3 is 1. The summed E-state index contributed by atoms with van der Waals surface area (Å²) < 4.78 is 26.3. The van der Waals surface area contributed by atoms with Gasteiger partial charge in [-0.05, 0) is 61.5 Å². The van der Waals surface area contributed by atoms with Gasteiger partial charge in [-0.25, -0.2) is 9.07 Å². The summed E-state index contributed by atoms with van der Waals surface area (Å²) in [5.74, 6) is 0.168. The Morgan fingerprint density at radius 2 is 1.84 bits per heavy atom. The van der Waals surface area contributed by atoms with Crippen molar-refractivity contribution in [2.24, 2.45) is 0 Å². The fourth-order valence-electron chi connectivity index (χ4n) is 3.15. The number of ether oxygens (including phenoxy) is 2. The lowest BCUT2D eigenvalue weighted by Crippen LogP contribution is -2.14.